The lowest BCUT2D eigenvalue weighted by atomic mass is 10.1. The number of carbonyl (C=O) groups is 1. The second-order valence-corrected chi connectivity index (χ2v) is 10.0. The van der Waals surface area contributed by atoms with Gasteiger partial charge in [0.1, 0.15) is 0 Å². The average molecular weight is 503 g/mol. The highest BCUT2D eigenvalue weighted by atomic mass is 16.4. The molecule has 3 heteroatoms. The summed E-state index contributed by atoms with van der Waals surface area (Å²) in [6, 6.07) is 0. The van der Waals surface area contributed by atoms with Gasteiger partial charge in [0, 0.05) is 6.42 Å². The minimum absolute atomic E-state index is 0.162. The third kappa shape index (κ3) is 34.3. The summed E-state index contributed by atoms with van der Waals surface area (Å²) < 4.78 is 0. The van der Waals surface area contributed by atoms with E-state index in [1.165, 1.54) is 61.7 Å². The number of carboxylic acid groups (broad SMARTS) is 1. The van der Waals surface area contributed by atoms with Gasteiger partial charge in [-0.05, 0) is 91.9 Å². The van der Waals surface area contributed by atoms with Crippen LogP contribution in [0, 0.1) is 0 Å². The van der Waals surface area contributed by atoms with Gasteiger partial charge in [-0.25, -0.2) is 0 Å². The standard InChI is InChI=1S/C18H32O2.C15H26O/c1-2-3-4-5-6-7-8-9-10-11-12-13-14-15-16-17-18(19)20;1-13(2)7-5-8-14(3)9-6-10-15(4)11-12-16/h6-7,9-10H,2-5,8,11-17H2,1H3,(H,19,20);7,9,11,16H,5-6,8,10,12H2,1-4H3/b7-6-,10-9-;14-9?,15-11+. The fraction of sp³-hybridized carbons (Fsp3) is 0.667. The van der Waals surface area contributed by atoms with E-state index in [4.69, 9.17) is 10.2 Å². The van der Waals surface area contributed by atoms with Crippen LogP contribution < -0.4 is 0 Å². The Morgan fingerprint density at radius 3 is 1.69 bits per heavy atom. The number of rotatable bonds is 21. The molecule has 2 N–H and O–H groups in total. The van der Waals surface area contributed by atoms with Crippen LogP contribution in [0.5, 0.6) is 0 Å². The van der Waals surface area contributed by atoms with Gasteiger partial charge in [0.25, 0.3) is 0 Å². The zero-order valence-electron chi connectivity index (χ0n) is 24.4. The number of hydrogen-bond donors (Lipinski definition) is 2. The molecule has 0 aliphatic rings. The summed E-state index contributed by atoms with van der Waals surface area (Å²) >= 11 is 0. The monoisotopic (exact) mass is 502 g/mol. The van der Waals surface area contributed by atoms with Crippen LogP contribution in [0.2, 0.25) is 0 Å². The van der Waals surface area contributed by atoms with E-state index in [0.717, 1.165) is 51.4 Å². The van der Waals surface area contributed by atoms with Crippen molar-refractivity contribution in [3.05, 3.63) is 59.3 Å². The SMILES string of the molecule is CC(C)=CCCC(C)=CCC/C(C)=C/CO.CCCCC/C=C\C/C=C\CCCCCCCC(=O)O. The normalized spacial score (nSPS) is 12.2. The number of hydrogen-bond acceptors (Lipinski definition) is 2. The van der Waals surface area contributed by atoms with Crippen LogP contribution in [-0.4, -0.2) is 22.8 Å². The number of unbranched alkanes of at least 4 members (excludes halogenated alkanes) is 8. The number of aliphatic hydroxyl groups is 1. The van der Waals surface area contributed by atoms with Crippen molar-refractivity contribution in [1.82, 2.24) is 0 Å². The maximum absolute atomic E-state index is 10.3. The van der Waals surface area contributed by atoms with Gasteiger partial charge >= 0.3 is 5.97 Å². The molecular formula is C33H58O3. The molecular weight excluding hydrogens is 444 g/mol. The zero-order valence-corrected chi connectivity index (χ0v) is 24.4. The molecule has 0 aliphatic heterocycles. The highest BCUT2D eigenvalue weighted by molar-refractivity contribution is 5.66. The van der Waals surface area contributed by atoms with Crippen LogP contribution in [-0.2, 0) is 4.79 Å². The second kappa shape index (κ2) is 29.4. The Bertz CT molecular complexity index is 646. The lowest BCUT2D eigenvalue weighted by molar-refractivity contribution is -0.137. The number of aliphatic hydroxyl groups excluding tert-OH is 1. The first-order valence-electron chi connectivity index (χ1n) is 14.4. The van der Waals surface area contributed by atoms with Crippen LogP contribution in [0.4, 0.5) is 0 Å². The summed E-state index contributed by atoms with van der Waals surface area (Å²) in [5.41, 5.74) is 4.14. The maximum atomic E-state index is 10.3. The molecule has 0 radical (unpaired) electrons. The van der Waals surface area contributed by atoms with E-state index in [0.29, 0.717) is 6.42 Å². The molecule has 0 atom stereocenters. The predicted octanol–water partition coefficient (Wildman–Crippen LogP) is 10.3. The lowest BCUT2D eigenvalue weighted by Gasteiger charge is -2.00. The van der Waals surface area contributed by atoms with Gasteiger partial charge in [-0.2, -0.15) is 0 Å². The average Bonchev–Trinajstić information content (AvgIpc) is 2.82. The molecule has 0 aromatic heterocycles. The van der Waals surface area contributed by atoms with E-state index in [1.807, 2.05) is 6.08 Å². The van der Waals surface area contributed by atoms with Crippen LogP contribution >= 0.6 is 0 Å². The summed E-state index contributed by atoms with van der Waals surface area (Å²) in [5, 5.41) is 17.2. The number of aliphatic carboxylic acids is 1. The Labute approximate surface area is 224 Å². The fourth-order valence-corrected chi connectivity index (χ4v) is 3.58. The van der Waals surface area contributed by atoms with Gasteiger partial charge in [0.2, 0.25) is 0 Å². The van der Waals surface area contributed by atoms with Crippen molar-refractivity contribution in [2.75, 3.05) is 6.61 Å². The third-order valence-electron chi connectivity index (χ3n) is 5.90. The smallest absolute Gasteiger partial charge is 0.303 e. The van der Waals surface area contributed by atoms with Crippen molar-refractivity contribution < 1.29 is 15.0 Å². The van der Waals surface area contributed by atoms with E-state index in [1.54, 1.807) is 0 Å². The summed E-state index contributed by atoms with van der Waals surface area (Å²) in [6.07, 6.45) is 33.2. The van der Waals surface area contributed by atoms with Gasteiger partial charge < -0.3 is 10.2 Å². The molecule has 0 amide bonds. The Hall–Kier alpha value is -1.87. The topological polar surface area (TPSA) is 57.5 Å². The molecule has 3 nitrogen and oxygen atoms in total. The summed E-state index contributed by atoms with van der Waals surface area (Å²) in [6.45, 7) is 10.9. The largest absolute Gasteiger partial charge is 0.481 e. The minimum Gasteiger partial charge on any atom is -0.481 e. The van der Waals surface area contributed by atoms with Crippen molar-refractivity contribution in [1.29, 1.82) is 0 Å². The van der Waals surface area contributed by atoms with E-state index in [9.17, 15) is 4.79 Å². The Morgan fingerprint density at radius 1 is 0.611 bits per heavy atom. The van der Waals surface area contributed by atoms with E-state index in [-0.39, 0.29) is 6.61 Å². The second-order valence-electron chi connectivity index (χ2n) is 10.0. The number of carboxylic acids is 1. The Kier molecular flexibility index (Phi) is 29.6. The van der Waals surface area contributed by atoms with E-state index < -0.39 is 5.97 Å². The molecule has 0 aromatic carbocycles. The fourth-order valence-electron chi connectivity index (χ4n) is 3.58. The molecule has 0 fully saturated rings. The molecule has 36 heavy (non-hydrogen) atoms. The molecule has 0 heterocycles. The predicted molar refractivity (Wildman–Crippen MR) is 159 cm³/mol. The van der Waals surface area contributed by atoms with E-state index >= 15 is 0 Å². The lowest BCUT2D eigenvalue weighted by Crippen LogP contribution is -1.93. The van der Waals surface area contributed by atoms with Gasteiger partial charge in [-0.15, -0.1) is 0 Å². The first-order chi connectivity index (χ1) is 17.3. The first kappa shape index (κ1) is 36.3. The van der Waals surface area contributed by atoms with Crippen LogP contribution in [0.25, 0.3) is 0 Å². The van der Waals surface area contributed by atoms with E-state index in [2.05, 4.69) is 71.1 Å². The van der Waals surface area contributed by atoms with Crippen molar-refractivity contribution in [3.63, 3.8) is 0 Å². The number of allylic oxidation sites excluding steroid dienone is 9. The molecule has 0 saturated carbocycles. The molecule has 0 aliphatic carbocycles. The van der Waals surface area contributed by atoms with Crippen molar-refractivity contribution in [2.24, 2.45) is 0 Å². The summed E-state index contributed by atoms with van der Waals surface area (Å²) in [5.74, 6) is -0.671. The quantitative estimate of drug-likeness (QED) is 0.121. The zero-order chi connectivity index (χ0) is 27.3. The molecule has 0 unspecified atom stereocenters. The minimum atomic E-state index is -0.671. The van der Waals surface area contributed by atoms with Crippen LogP contribution in [0.3, 0.4) is 0 Å². The van der Waals surface area contributed by atoms with Crippen LogP contribution in [0.1, 0.15) is 137 Å². The summed E-state index contributed by atoms with van der Waals surface area (Å²) in [4.78, 5) is 10.3. The Balaban J connectivity index is 0. The maximum Gasteiger partial charge on any atom is 0.303 e. The third-order valence-corrected chi connectivity index (χ3v) is 5.90. The van der Waals surface area contributed by atoms with Gasteiger partial charge in [-0.1, -0.05) is 98.3 Å². The molecule has 0 rings (SSSR count). The van der Waals surface area contributed by atoms with Gasteiger partial charge in [0.15, 0.2) is 0 Å². The molecule has 208 valence electrons. The van der Waals surface area contributed by atoms with Crippen molar-refractivity contribution in [3.8, 4) is 0 Å². The van der Waals surface area contributed by atoms with Gasteiger partial charge in [-0.3, -0.25) is 4.79 Å². The van der Waals surface area contributed by atoms with Gasteiger partial charge in [0.05, 0.1) is 6.61 Å². The highest BCUT2D eigenvalue weighted by Gasteiger charge is 1.96. The molecule has 0 saturated heterocycles. The van der Waals surface area contributed by atoms with Crippen molar-refractivity contribution in [2.45, 2.75) is 137 Å². The van der Waals surface area contributed by atoms with Crippen molar-refractivity contribution >= 4 is 5.97 Å². The molecule has 0 aromatic rings. The molecule has 0 bridgehead atoms. The highest BCUT2D eigenvalue weighted by Crippen LogP contribution is 2.11. The van der Waals surface area contributed by atoms with Crippen LogP contribution in [0.15, 0.2) is 59.3 Å². The molecule has 0 spiro atoms. The first-order valence-corrected chi connectivity index (χ1v) is 14.4. The summed E-state index contributed by atoms with van der Waals surface area (Å²) in [7, 11) is 0. The Morgan fingerprint density at radius 2 is 1.14 bits per heavy atom.